The Bertz CT molecular complexity index is 1510. The summed E-state index contributed by atoms with van der Waals surface area (Å²) in [4.78, 5) is 17.4. The molecule has 1 unspecified atom stereocenters. The van der Waals surface area contributed by atoms with Crippen molar-refractivity contribution < 1.29 is 17.8 Å². The van der Waals surface area contributed by atoms with Crippen molar-refractivity contribution in [1.82, 2.24) is 9.80 Å². The number of carbonyl (C=O) groups excluding carboxylic acids is 1. The summed E-state index contributed by atoms with van der Waals surface area (Å²) in [6, 6.07) is 37.4. The largest absolute Gasteiger partial charge is 0.336 e. The number of carbonyl (C=O) groups is 1. The van der Waals surface area contributed by atoms with E-state index in [-0.39, 0.29) is 16.8 Å². The van der Waals surface area contributed by atoms with E-state index >= 15 is 0 Å². The maximum Gasteiger partial charge on any atom is 0.294 e. The van der Waals surface area contributed by atoms with Gasteiger partial charge < -0.3 is 4.90 Å². The van der Waals surface area contributed by atoms with E-state index in [0.717, 1.165) is 32.5 Å². The molecule has 1 aliphatic rings. The molecule has 4 aromatic rings. The molecule has 43 heavy (non-hydrogen) atoms. The number of amides is 1. The van der Waals surface area contributed by atoms with Crippen LogP contribution in [0.3, 0.4) is 0 Å². The molecule has 1 heterocycles. The van der Waals surface area contributed by atoms with Gasteiger partial charge in [0.25, 0.3) is 10.1 Å². The number of hydrogen-bond acceptors (Lipinski definition) is 4. The summed E-state index contributed by atoms with van der Waals surface area (Å²) in [6.45, 7) is 5.46. The monoisotopic (exact) mass is 618 g/mol. The van der Waals surface area contributed by atoms with Crippen LogP contribution in [0.2, 0.25) is 5.02 Å². The summed E-state index contributed by atoms with van der Waals surface area (Å²) in [5.74, 6) is 0.843. The van der Waals surface area contributed by atoms with Crippen LogP contribution in [0.25, 0.3) is 0 Å². The van der Waals surface area contributed by atoms with Gasteiger partial charge in [-0.15, -0.1) is 0 Å². The number of hydrogen-bond donors (Lipinski definition) is 1. The third kappa shape index (κ3) is 9.76. The van der Waals surface area contributed by atoms with Gasteiger partial charge in [-0.1, -0.05) is 110 Å². The Morgan fingerprint density at radius 3 is 1.93 bits per heavy atom. The first-order valence-corrected chi connectivity index (χ1v) is 16.4. The molecule has 4 aromatic carbocycles. The van der Waals surface area contributed by atoms with Crippen molar-refractivity contribution >= 4 is 27.6 Å². The molecule has 1 saturated heterocycles. The second kappa shape index (κ2) is 15.8. The van der Waals surface area contributed by atoms with Crippen LogP contribution in [0, 0.1) is 0 Å². The van der Waals surface area contributed by atoms with Gasteiger partial charge >= 0.3 is 0 Å². The van der Waals surface area contributed by atoms with E-state index in [1.165, 1.54) is 41.0 Å². The van der Waals surface area contributed by atoms with E-state index in [0.29, 0.717) is 23.9 Å². The number of halogens is 1. The molecule has 6 nitrogen and oxygen atoms in total. The molecule has 1 fully saturated rings. The van der Waals surface area contributed by atoms with Gasteiger partial charge in [-0.25, -0.2) is 0 Å². The first-order valence-electron chi connectivity index (χ1n) is 14.6. The molecule has 0 radical (unpaired) electrons. The van der Waals surface area contributed by atoms with E-state index < -0.39 is 10.1 Å². The third-order valence-electron chi connectivity index (χ3n) is 7.80. The Morgan fingerprint density at radius 2 is 1.40 bits per heavy atom. The Hall–Kier alpha value is -3.49. The first kappa shape index (κ1) is 32.4. The molecule has 5 rings (SSSR count). The van der Waals surface area contributed by atoms with Crippen LogP contribution in [-0.2, 0) is 21.5 Å². The van der Waals surface area contributed by atoms with Crippen molar-refractivity contribution in [1.29, 1.82) is 0 Å². The van der Waals surface area contributed by atoms with Crippen molar-refractivity contribution in [2.75, 3.05) is 19.6 Å². The fourth-order valence-electron chi connectivity index (χ4n) is 5.47. The van der Waals surface area contributed by atoms with Crippen LogP contribution in [0.4, 0.5) is 0 Å². The Morgan fingerprint density at radius 1 is 0.860 bits per heavy atom. The molecule has 1 atom stereocenters. The second-order valence-corrected chi connectivity index (χ2v) is 12.5. The predicted molar refractivity (Wildman–Crippen MR) is 173 cm³/mol. The molecule has 1 amide bonds. The Labute approximate surface area is 260 Å². The van der Waals surface area contributed by atoms with Gasteiger partial charge in [0, 0.05) is 24.5 Å². The van der Waals surface area contributed by atoms with Crippen LogP contribution in [0.5, 0.6) is 0 Å². The highest BCUT2D eigenvalue weighted by atomic mass is 35.5. The maximum absolute atomic E-state index is 12.9. The zero-order chi connectivity index (χ0) is 30.7. The number of rotatable bonds is 9. The summed E-state index contributed by atoms with van der Waals surface area (Å²) in [5, 5.41) is 0.428. The minimum absolute atomic E-state index is 0.151. The van der Waals surface area contributed by atoms with Crippen molar-refractivity contribution in [2.24, 2.45) is 0 Å². The quantitative estimate of drug-likeness (QED) is 0.195. The number of benzene rings is 4. The summed E-state index contributed by atoms with van der Waals surface area (Å²) in [5.41, 5.74) is 3.94. The van der Waals surface area contributed by atoms with Gasteiger partial charge in [-0.2, -0.15) is 8.42 Å². The van der Waals surface area contributed by atoms with Gasteiger partial charge in [0.1, 0.15) is 0 Å². The molecular formula is C35H39ClN2O4S. The average Bonchev–Trinajstić information content (AvgIpc) is 3.04. The fraction of sp³-hybridized carbons (Fsp3) is 0.286. The van der Waals surface area contributed by atoms with E-state index in [4.69, 9.17) is 16.2 Å². The maximum atomic E-state index is 12.9. The third-order valence-corrected chi connectivity index (χ3v) is 8.92. The zero-order valence-corrected chi connectivity index (χ0v) is 26.0. The molecule has 0 aliphatic carbocycles. The molecule has 1 aliphatic heterocycles. The highest BCUT2D eigenvalue weighted by Gasteiger charge is 2.29. The lowest BCUT2D eigenvalue weighted by Crippen LogP contribution is -2.43. The minimum Gasteiger partial charge on any atom is -0.336 e. The highest BCUT2D eigenvalue weighted by molar-refractivity contribution is 7.85. The molecule has 1 N–H and O–H groups in total. The molecule has 0 aromatic heterocycles. The minimum atomic E-state index is -4.08. The topological polar surface area (TPSA) is 77.9 Å². The Kier molecular flexibility index (Phi) is 11.9. The number of piperidine rings is 1. The summed E-state index contributed by atoms with van der Waals surface area (Å²) < 4.78 is 29.4. The smallest absolute Gasteiger partial charge is 0.294 e. The molecule has 0 spiro atoms. The number of likely N-dealkylation sites (tertiary alicyclic amines) is 1. The van der Waals surface area contributed by atoms with Crippen molar-refractivity contribution in [3.8, 4) is 0 Å². The van der Waals surface area contributed by atoms with E-state index in [1.54, 1.807) is 0 Å². The average molecular weight is 619 g/mol. The molecule has 226 valence electrons. The van der Waals surface area contributed by atoms with E-state index in [1.807, 2.05) is 25.1 Å². The van der Waals surface area contributed by atoms with Crippen LogP contribution in [0.15, 0.2) is 120 Å². The van der Waals surface area contributed by atoms with Crippen LogP contribution >= 0.6 is 11.6 Å². The predicted octanol–water partition coefficient (Wildman–Crippen LogP) is 7.63. The summed E-state index contributed by atoms with van der Waals surface area (Å²) in [7, 11) is -4.08. The lowest BCUT2D eigenvalue weighted by Gasteiger charge is -2.40. The second-order valence-electron chi connectivity index (χ2n) is 10.7. The van der Waals surface area contributed by atoms with Gasteiger partial charge in [-0.05, 0) is 72.8 Å². The summed E-state index contributed by atoms with van der Waals surface area (Å²) in [6.07, 6.45) is 2.85. The van der Waals surface area contributed by atoms with Crippen molar-refractivity contribution in [3.63, 3.8) is 0 Å². The molecule has 0 bridgehead atoms. The molecular weight excluding hydrogens is 580 g/mol. The Balaban J connectivity index is 0.000000324. The van der Waals surface area contributed by atoms with Crippen molar-refractivity contribution in [2.45, 2.75) is 49.6 Å². The standard InChI is InChI=1S/C29H34N2O.C6H5ClO3S/c1-2-29(32)31(22-24-12-6-3-7-13-24)23-28(27-16-10-5-11-17-27)30-20-18-26(19-21-30)25-14-8-4-9-15-25;7-5-1-3-6(4-2-5)11(8,9)10/h3-17,26,28H,2,18-23H2,1H3;1-4H,(H,8,9,10). The molecule has 0 saturated carbocycles. The first-order chi connectivity index (χ1) is 20.7. The summed E-state index contributed by atoms with van der Waals surface area (Å²) >= 11 is 5.49. The van der Waals surface area contributed by atoms with Gasteiger partial charge in [0.2, 0.25) is 5.91 Å². The zero-order valence-electron chi connectivity index (χ0n) is 24.4. The van der Waals surface area contributed by atoms with Crippen LogP contribution in [-0.4, -0.2) is 48.3 Å². The van der Waals surface area contributed by atoms with Gasteiger partial charge in [0.15, 0.2) is 0 Å². The van der Waals surface area contributed by atoms with Crippen molar-refractivity contribution in [3.05, 3.63) is 137 Å². The van der Waals surface area contributed by atoms with Crippen LogP contribution < -0.4 is 0 Å². The fourth-order valence-corrected chi connectivity index (χ4v) is 6.08. The SMILES string of the molecule is CCC(=O)N(Cc1ccccc1)CC(c1ccccc1)N1CCC(c2ccccc2)CC1.O=S(=O)(O)c1ccc(Cl)cc1. The normalized spacial score (nSPS) is 14.8. The highest BCUT2D eigenvalue weighted by Crippen LogP contribution is 2.33. The molecule has 8 heteroatoms. The van der Waals surface area contributed by atoms with E-state index in [9.17, 15) is 13.2 Å². The lowest BCUT2D eigenvalue weighted by molar-refractivity contribution is -0.132. The van der Waals surface area contributed by atoms with Crippen LogP contribution in [0.1, 0.15) is 54.8 Å². The van der Waals surface area contributed by atoms with Gasteiger partial charge in [-0.3, -0.25) is 14.2 Å². The van der Waals surface area contributed by atoms with Gasteiger partial charge in [0.05, 0.1) is 10.9 Å². The lowest BCUT2D eigenvalue weighted by atomic mass is 9.88. The number of nitrogens with zero attached hydrogens (tertiary/aromatic N) is 2. The van der Waals surface area contributed by atoms with E-state index in [2.05, 4.69) is 82.6 Å².